The average Bonchev–Trinajstić information content (AvgIpc) is 2.99. The molecule has 138 valence electrons. The zero-order chi connectivity index (χ0) is 18.5. The largest absolute Gasteiger partial charge is 0.486 e. The zero-order valence-corrected chi connectivity index (χ0v) is 16.4. The number of benzene rings is 2. The van der Waals surface area contributed by atoms with Crippen molar-refractivity contribution < 1.29 is 4.74 Å². The number of aryl methyl sites for hydroxylation is 2. The van der Waals surface area contributed by atoms with Gasteiger partial charge in [0, 0.05) is 11.6 Å². The molecule has 0 saturated carbocycles. The fraction of sp³-hybridized carbons (Fsp3) is 0.381. The lowest BCUT2D eigenvalue weighted by atomic mass is 10.1. The minimum Gasteiger partial charge on any atom is -0.486 e. The molecule has 0 spiro atoms. The number of rotatable bonds is 8. The molecule has 1 aromatic heterocycles. The molecular weight excluding hydrogens is 346 g/mol. The van der Waals surface area contributed by atoms with Crippen LogP contribution in [0.4, 0.5) is 0 Å². The second kappa shape index (κ2) is 8.56. The summed E-state index contributed by atoms with van der Waals surface area (Å²) in [6.45, 7) is 6.76. The highest BCUT2D eigenvalue weighted by atomic mass is 35.5. The minimum atomic E-state index is 0.441. The molecule has 1 heterocycles. The number of fused-ring (bicyclic) bond motifs is 1. The first-order valence-corrected chi connectivity index (χ1v) is 9.44. The van der Waals surface area contributed by atoms with E-state index in [0.717, 1.165) is 36.6 Å². The molecule has 3 aromatic rings. The van der Waals surface area contributed by atoms with E-state index in [1.54, 1.807) is 0 Å². The van der Waals surface area contributed by atoms with Crippen molar-refractivity contribution >= 4 is 22.6 Å². The molecule has 0 bridgehead atoms. The molecule has 1 atom stereocenters. The lowest BCUT2D eigenvalue weighted by molar-refractivity contribution is 0.288. The highest BCUT2D eigenvalue weighted by Crippen LogP contribution is 2.23. The third-order valence-corrected chi connectivity index (χ3v) is 4.89. The summed E-state index contributed by atoms with van der Waals surface area (Å²) in [5.74, 6) is 2.36. The van der Waals surface area contributed by atoms with E-state index in [0.29, 0.717) is 17.5 Å². The highest BCUT2D eigenvalue weighted by molar-refractivity contribution is 6.30. The molecule has 0 saturated heterocycles. The first-order valence-electron chi connectivity index (χ1n) is 9.06. The van der Waals surface area contributed by atoms with Crippen LogP contribution in [0.3, 0.4) is 0 Å². The predicted octanol–water partition coefficient (Wildman–Crippen LogP) is 4.82. The molecular formula is C21H26ClN3O. The van der Waals surface area contributed by atoms with Crippen LogP contribution in [0, 0.1) is 12.8 Å². The van der Waals surface area contributed by atoms with Gasteiger partial charge in [-0.1, -0.05) is 30.7 Å². The maximum absolute atomic E-state index is 5.96. The van der Waals surface area contributed by atoms with Crippen LogP contribution >= 0.6 is 11.6 Å². The fourth-order valence-corrected chi connectivity index (χ4v) is 3.30. The maximum Gasteiger partial charge on any atom is 0.148 e. The van der Waals surface area contributed by atoms with Crippen LogP contribution in [0.15, 0.2) is 42.5 Å². The van der Waals surface area contributed by atoms with Crippen molar-refractivity contribution in [2.75, 3.05) is 13.6 Å². The number of nitrogens with zero attached hydrogens (tertiary/aromatic N) is 2. The molecule has 1 unspecified atom stereocenters. The van der Waals surface area contributed by atoms with E-state index in [1.807, 2.05) is 31.3 Å². The van der Waals surface area contributed by atoms with Crippen molar-refractivity contribution in [2.24, 2.45) is 5.92 Å². The first-order chi connectivity index (χ1) is 12.6. The van der Waals surface area contributed by atoms with Crippen molar-refractivity contribution in [3.8, 4) is 5.75 Å². The molecule has 1 N–H and O–H groups in total. The van der Waals surface area contributed by atoms with Crippen LogP contribution in [0.2, 0.25) is 5.02 Å². The van der Waals surface area contributed by atoms with E-state index in [4.69, 9.17) is 21.3 Å². The Kier molecular flexibility index (Phi) is 6.17. The van der Waals surface area contributed by atoms with Gasteiger partial charge in [-0.2, -0.15) is 0 Å². The quantitative estimate of drug-likeness (QED) is 0.616. The van der Waals surface area contributed by atoms with Crippen LogP contribution < -0.4 is 10.1 Å². The predicted molar refractivity (Wildman–Crippen MR) is 108 cm³/mol. The molecule has 4 nitrogen and oxygen atoms in total. The maximum atomic E-state index is 5.96. The van der Waals surface area contributed by atoms with Crippen LogP contribution in [0.5, 0.6) is 5.75 Å². The molecule has 0 aliphatic heterocycles. The van der Waals surface area contributed by atoms with Gasteiger partial charge < -0.3 is 14.6 Å². The van der Waals surface area contributed by atoms with Crippen molar-refractivity contribution in [3.05, 3.63) is 58.9 Å². The molecule has 5 heteroatoms. The Labute approximate surface area is 160 Å². The van der Waals surface area contributed by atoms with Gasteiger partial charge in [0.1, 0.15) is 18.2 Å². The van der Waals surface area contributed by atoms with Crippen molar-refractivity contribution in [1.82, 2.24) is 14.9 Å². The highest BCUT2D eigenvalue weighted by Gasteiger charge is 2.14. The number of para-hydroxylation sites is 1. The van der Waals surface area contributed by atoms with Crippen LogP contribution in [0.25, 0.3) is 11.0 Å². The van der Waals surface area contributed by atoms with E-state index >= 15 is 0 Å². The number of aromatic nitrogens is 2. The third kappa shape index (κ3) is 4.37. The van der Waals surface area contributed by atoms with E-state index in [9.17, 15) is 0 Å². The summed E-state index contributed by atoms with van der Waals surface area (Å²) in [5, 5.41) is 3.96. The van der Waals surface area contributed by atoms with Gasteiger partial charge in [0.25, 0.3) is 0 Å². The molecule has 26 heavy (non-hydrogen) atoms. The van der Waals surface area contributed by atoms with Gasteiger partial charge in [-0.25, -0.2) is 4.98 Å². The summed E-state index contributed by atoms with van der Waals surface area (Å²) in [7, 11) is 2.00. The van der Waals surface area contributed by atoms with Gasteiger partial charge in [0.15, 0.2) is 0 Å². The third-order valence-electron chi connectivity index (χ3n) is 4.64. The second-order valence-corrected chi connectivity index (χ2v) is 7.25. The van der Waals surface area contributed by atoms with Gasteiger partial charge in [0.2, 0.25) is 0 Å². The second-order valence-electron chi connectivity index (χ2n) is 6.82. The Balaban J connectivity index is 1.83. The normalized spacial score (nSPS) is 12.5. The molecule has 0 amide bonds. The van der Waals surface area contributed by atoms with E-state index in [1.165, 1.54) is 11.1 Å². The summed E-state index contributed by atoms with van der Waals surface area (Å²) >= 11 is 5.94. The summed E-state index contributed by atoms with van der Waals surface area (Å²) in [5.41, 5.74) is 3.43. The topological polar surface area (TPSA) is 39.1 Å². The van der Waals surface area contributed by atoms with Gasteiger partial charge in [-0.05, 0) is 68.8 Å². The van der Waals surface area contributed by atoms with Gasteiger partial charge in [-0.3, -0.25) is 0 Å². The molecule has 0 aliphatic rings. The lowest BCUT2D eigenvalue weighted by Gasteiger charge is -2.14. The van der Waals surface area contributed by atoms with E-state index in [2.05, 4.69) is 41.9 Å². The van der Waals surface area contributed by atoms with Crippen LogP contribution in [-0.2, 0) is 13.2 Å². The summed E-state index contributed by atoms with van der Waals surface area (Å²) in [6, 6.07) is 13.8. The number of hydrogen-bond donors (Lipinski definition) is 1. The summed E-state index contributed by atoms with van der Waals surface area (Å²) < 4.78 is 8.25. The smallest absolute Gasteiger partial charge is 0.148 e. The van der Waals surface area contributed by atoms with Crippen molar-refractivity contribution in [2.45, 2.75) is 33.4 Å². The SMILES string of the molecule is CNCC(C)CCn1c(COc2ccc(Cl)cc2)nc2c(C)cccc21. The molecule has 3 rings (SSSR count). The minimum absolute atomic E-state index is 0.441. The standard InChI is InChI=1S/C21H26ClN3O/c1-15(13-23-3)11-12-25-19-6-4-5-16(2)21(19)24-20(25)14-26-18-9-7-17(22)8-10-18/h4-10,15,23H,11-14H2,1-3H3. The van der Waals surface area contributed by atoms with Gasteiger partial charge in [0.05, 0.1) is 11.0 Å². The molecule has 0 radical (unpaired) electrons. The summed E-state index contributed by atoms with van der Waals surface area (Å²) in [6.07, 6.45) is 1.09. The Hall–Kier alpha value is -2.04. The number of halogens is 1. The number of ether oxygens (including phenoxy) is 1. The Morgan fingerprint density at radius 3 is 2.69 bits per heavy atom. The first kappa shape index (κ1) is 18.7. The molecule has 0 aliphatic carbocycles. The Morgan fingerprint density at radius 2 is 1.96 bits per heavy atom. The van der Waals surface area contributed by atoms with Crippen molar-refractivity contribution in [1.29, 1.82) is 0 Å². The zero-order valence-electron chi connectivity index (χ0n) is 15.6. The van der Waals surface area contributed by atoms with Crippen molar-refractivity contribution in [3.63, 3.8) is 0 Å². The van der Waals surface area contributed by atoms with Crippen LogP contribution in [0.1, 0.15) is 24.7 Å². The van der Waals surface area contributed by atoms with Crippen LogP contribution in [-0.4, -0.2) is 23.1 Å². The van der Waals surface area contributed by atoms with E-state index in [-0.39, 0.29) is 0 Å². The Bertz CT molecular complexity index is 858. The number of nitrogens with one attached hydrogen (secondary N) is 1. The van der Waals surface area contributed by atoms with Gasteiger partial charge >= 0.3 is 0 Å². The lowest BCUT2D eigenvalue weighted by Crippen LogP contribution is -2.18. The number of imidazole rings is 1. The van der Waals surface area contributed by atoms with E-state index < -0.39 is 0 Å². The molecule has 2 aromatic carbocycles. The Morgan fingerprint density at radius 1 is 1.19 bits per heavy atom. The monoisotopic (exact) mass is 371 g/mol. The molecule has 0 fully saturated rings. The number of hydrogen-bond acceptors (Lipinski definition) is 3. The van der Waals surface area contributed by atoms with Gasteiger partial charge in [-0.15, -0.1) is 0 Å². The fourth-order valence-electron chi connectivity index (χ4n) is 3.17. The average molecular weight is 372 g/mol. The summed E-state index contributed by atoms with van der Waals surface area (Å²) in [4.78, 5) is 4.87.